The molecule has 0 amide bonds. The third-order valence-corrected chi connectivity index (χ3v) is 3.29. The molecule has 0 atom stereocenters. The monoisotopic (exact) mass is 321 g/mol. The van der Waals surface area contributed by atoms with Gasteiger partial charge in [0.05, 0.1) is 19.0 Å². The Kier molecular flexibility index (Phi) is 6.21. The van der Waals surface area contributed by atoms with Crippen LogP contribution in [0.15, 0.2) is 24.4 Å². The molecule has 0 fully saturated rings. The first-order valence-electron chi connectivity index (χ1n) is 7.27. The van der Waals surface area contributed by atoms with Crippen LogP contribution in [0.1, 0.15) is 26.2 Å². The summed E-state index contributed by atoms with van der Waals surface area (Å²) in [7, 11) is 1.60. The van der Waals surface area contributed by atoms with Crippen LogP contribution in [-0.2, 0) is 0 Å². The molecule has 0 saturated heterocycles. The fraction of sp³-hybridized carbons (Fsp3) is 0.400. The van der Waals surface area contributed by atoms with Crippen LogP contribution in [0.4, 0.5) is 17.5 Å². The molecule has 1 heterocycles. The lowest BCUT2D eigenvalue weighted by atomic mass is 10.2. The number of halogens is 1. The maximum atomic E-state index is 6.01. The van der Waals surface area contributed by atoms with E-state index in [1.165, 1.54) is 12.8 Å². The van der Waals surface area contributed by atoms with E-state index >= 15 is 0 Å². The van der Waals surface area contributed by atoms with Crippen LogP contribution >= 0.6 is 11.6 Å². The first kappa shape index (κ1) is 16.3. The van der Waals surface area contributed by atoms with E-state index in [9.17, 15) is 0 Å². The number of ether oxygens (including phenoxy) is 1. The number of unbranched alkanes of at least 4 members (excludes halogenated alkanes) is 2. The number of nitrogens with one attached hydrogen (secondary N) is 2. The van der Waals surface area contributed by atoms with E-state index in [-0.39, 0.29) is 0 Å². The van der Waals surface area contributed by atoms with Crippen LogP contribution in [0.25, 0.3) is 0 Å². The largest absolute Gasteiger partial charge is 0.495 e. The van der Waals surface area contributed by atoms with Crippen LogP contribution in [-0.4, -0.2) is 28.8 Å². The molecule has 2 N–H and O–H groups in total. The van der Waals surface area contributed by atoms with Crippen LogP contribution in [0.2, 0.25) is 5.02 Å². The van der Waals surface area contributed by atoms with Crippen molar-refractivity contribution in [2.24, 2.45) is 0 Å². The topological polar surface area (TPSA) is 72.0 Å². The van der Waals surface area contributed by atoms with Gasteiger partial charge in [0.1, 0.15) is 5.75 Å². The predicted molar refractivity (Wildman–Crippen MR) is 89.1 cm³/mol. The van der Waals surface area contributed by atoms with Gasteiger partial charge in [0.2, 0.25) is 5.95 Å². The Morgan fingerprint density at radius 1 is 1.27 bits per heavy atom. The number of hydrogen-bond acceptors (Lipinski definition) is 6. The summed E-state index contributed by atoms with van der Waals surface area (Å²) in [6, 6.07) is 5.30. The number of anilines is 3. The van der Waals surface area contributed by atoms with E-state index in [2.05, 4.69) is 32.7 Å². The van der Waals surface area contributed by atoms with Gasteiger partial charge in [0.15, 0.2) is 5.82 Å². The Hall–Kier alpha value is -2.08. The van der Waals surface area contributed by atoms with Gasteiger partial charge in [0.25, 0.3) is 0 Å². The molecule has 2 aromatic rings. The summed E-state index contributed by atoms with van der Waals surface area (Å²) in [6.07, 6.45) is 5.08. The van der Waals surface area contributed by atoms with Gasteiger partial charge < -0.3 is 15.4 Å². The highest BCUT2D eigenvalue weighted by Crippen LogP contribution is 2.29. The molecule has 0 aliphatic carbocycles. The Balaban J connectivity index is 2.05. The van der Waals surface area contributed by atoms with Crippen LogP contribution in [0.5, 0.6) is 5.75 Å². The van der Waals surface area contributed by atoms with Crippen LogP contribution in [0, 0.1) is 0 Å². The smallest absolute Gasteiger partial charge is 0.249 e. The minimum atomic E-state index is 0.390. The van der Waals surface area contributed by atoms with Crippen molar-refractivity contribution in [1.82, 2.24) is 15.2 Å². The quantitative estimate of drug-likeness (QED) is 0.719. The van der Waals surface area contributed by atoms with E-state index in [0.717, 1.165) is 13.0 Å². The van der Waals surface area contributed by atoms with Crippen molar-refractivity contribution >= 4 is 29.1 Å². The van der Waals surface area contributed by atoms with Crippen molar-refractivity contribution in [2.45, 2.75) is 26.2 Å². The normalized spacial score (nSPS) is 10.3. The second kappa shape index (κ2) is 8.38. The minimum Gasteiger partial charge on any atom is -0.495 e. The second-order valence-corrected chi connectivity index (χ2v) is 5.21. The zero-order valence-corrected chi connectivity index (χ0v) is 13.5. The lowest BCUT2D eigenvalue weighted by molar-refractivity contribution is 0.417. The molecule has 0 saturated carbocycles. The molecule has 2 rings (SSSR count). The summed E-state index contributed by atoms with van der Waals surface area (Å²) in [6.45, 7) is 3.04. The maximum Gasteiger partial charge on any atom is 0.249 e. The first-order chi connectivity index (χ1) is 10.7. The van der Waals surface area contributed by atoms with Crippen LogP contribution < -0.4 is 15.4 Å². The molecule has 0 aliphatic heterocycles. The fourth-order valence-corrected chi connectivity index (χ4v) is 2.10. The maximum absolute atomic E-state index is 6.01. The molecule has 1 aromatic carbocycles. The Bertz CT molecular complexity index is 608. The van der Waals surface area contributed by atoms with Crippen molar-refractivity contribution in [3.63, 3.8) is 0 Å². The van der Waals surface area contributed by atoms with E-state index in [0.29, 0.717) is 28.2 Å². The fourth-order valence-electron chi connectivity index (χ4n) is 1.93. The van der Waals surface area contributed by atoms with Gasteiger partial charge in [-0.1, -0.05) is 31.4 Å². The molecule has 1 aromatic heterocycles. The SMILES string of the molecule is CCCCCNc1cnnc(Nc2cc(Cl)ccc2OC)n1. The van der Waals surface area contributed by atoms with Gasteiger partial charge in [0, 0.05) is 11.6 Å². The molecule has 0 radical (unpaired) electrons. The molecule has 0 unspecified atom stereocenters. The number of nitrogens with zero attached hydrogens (tertiary/aromatic N) is 3. The van der Waals surface area contributed by atoms with Gasteiger partial charge in [-0.05, 0) is 24.6 Å². The number of hydrogen-bond donors (Lipinski definition) is 2. The molecule has 6 nitrogen and oxygen atoms in total. The molecule has 0 bridgehead atoms. The highest BCUT2D eigenvalue weighted by molar-refractivity contribution is 6.30. The summed E-state index contributed by atoms with van der Waals surface area (Å²) < 4.78 is 5.28. The minimum absolute atomic E-state index is 0.390. The van der Waals surface area contributed by atoms with Gasteiger partial charge in [-0.25, -0.2) is 0 Å². The number of aromatic nitrogens is 3. The average Bonchev–Trinajstić information content (AvgIpc) is 2.52. The molecule has 118 valence electrons. The van der Waals surface area contributed by atoms with Crippen molar-refractivity contribution in [3.8, 4) is 5.75 Å². The average molecular weight is 322 g/mol. The predicted octanol–water partition coefficient (Wildman–Crippen LogP) is 3.88. The zero-order valence-electron chi connectivity index (χ0n) is 12.8. The molecular weight excluding hydrogens is 302 g/mol. The van der Waals surface area contributed by atoms with E-state index in [1.54, 1.807) is 31.5 Å². The van der Waals surface area contributed by atoms with E-state index in [1.807, 2.05) is 0 Å². The van der Waals surface area contributed by atoms with Gasteiger partial charge in [-0.3, -0.25) is 0 Å². The molecule has 22 heavy (non-hydrogen) atoms. The second-order valence-electron chi connectivity index (χ2n) is 4.77. The highest BCUT2D eigenvalue weighted by Gasteiger charge is 2.07. The van der Waals surface area contributed by atoms with Crippen molar-refractivity contribution < 1.29 is 4.74 Å². The van der Waals surface area contributed by atoms with Crippen molar-refractivity contribution in [1.29, 1.82) is 0 Å². The zero-order chi connectivity index (χ0) is 15.8. The van der Waals surface area contributed by atoms with Gasteiger partial charge >= 0.3 is 0 Å². The third-order valence-electron chi connectivity index (χ3n) is 3.05. The van der Waals surface area contributed by atoms with Crippen molar-refractivity contribution in [3.05, 3.63) is 29.4 Å². The number of methoxy groups -OCH3 is 1. The first-order valence-corrected chi connectivity index (χ1v) is 7.65. The summed E-state index contributed by atoms with van der Waals surface area (Å²) >= 11 is 6.01. The van der Waals surface area contributed by atoms with Crippen LogP contribution in [0.3, 0.4) is 0 Å². The Labute approximate surface area is 135 Å². The summed E-state index contributed by atoms with van der Waals surface area (Å²) in [5, 5.41) is 14.8. The summed E-state index contributed by atoms with van der Waals surface area (Å²) in [5.41, 5.74) is 0.694. The standard InChI is InChI=1S/C15H20ClN5O/c1-3-4-5-8-17-14-10-18-21-15(20-14)19-12-9-11(16)6-7-13(12)22-2/h6-7,9-10H,3-5,8H2,1-2H3,(H2,17,19,20,21). The summed E-state index contributed by atoms with van der Waals surface area (Å²) in [5.74, 6) is 1.74. The highest BCUT2D eigenvalue weighted by atomic mass is 35.5. The Morgan fingerprint density at radius 3 is 2.91 bits per heavy atom. The molecule has 0 aliphatic rings. The summed E-state index contributed by atoms with van der Waals surface area (Å²) in [4.78, 5) is 4.38. The molecular formula is C15H20ClN5O. The Morgan fingerprint density at radius 2 is 2.14 bits per heavy atom. The number of rotatable bonds is 8. The van der Waals surface area contributed by atoms with E-state index < -0.39 is 0 Å². The van der Waals surface area contributed by atoms with E-state index in [4.69, 9.17) is 16.3 Å². The lowest BCUT2D eigenvalue weighted by Crippen LogP contribution is -2.07. The molecule has 0 spiro atoms. The molecule has 7 heteroatoms. The lowest BCUT2D eigenvalue weighted by Gasteiger charge is -2.11. The van der Waals surface area contributed by atoms with Gasteiger partial charge in [-0.2, -0.15) is 10.1 Å². The third kappa shape index (κ3) is 4.73. The number of benzene rings is 1. The van der Waals surface area contributed by atoms with Gasteiger partial charge in [-0.15, -0.1) is 5.10 Å². The van der Waals surface area contributed by atoms with Crippen molar-refractivity contribution in [2.75, 3.05) is 24.3 Å².